The Balaban J connectivity index is 2.34. The lowest BCUT2D eigenvalue weighted by Gasteiger charge is -2.12. The number of rotatable bonds is 2. The first kappa shape index (κ1) is 12.2. The summed E-state index contributed by atoms with van der Waals surface area (Å²) in [6, 6.07) is 7.07. The molecule has 0 amide bonds. The lowest BCUT2D eigenvalue weighted by atomic mass is 9.95. The fourth-order valence-electron chi connectivity index (χ4n) is 2.70. The van der Waals surface area contributed by atoms with E-state index in [4.69, 9.17) is 0 Å². The predicted octanol–water partition coefficient (Wildman–Crippen LogP) is 5.07. The van der Waals surface area contributed by atoms with E-state index in [1.807, 2.05) is 0 Å². The molecule has 1 aromatic carbocycles. The second-order valence-electron chi connectivity index (χ2n) is 5.61. The molecule has 0 N–H and O–H groups in total. The van der Waals surface area contributed by atoms with Gasteiger partial charge in [0.1, 0.15) is 0 Å². The molecule has 16 heavy (non-hydrogen) atoms. The van der Waals surface area contributed by atoms with Crippen LogP contribution in [0.1, 0.15) is 55.1 Å². The molecule has 1 heteroatoms. The number of alkyl halides is 1. The molecule has 2 rings (SSSR count). The first-order valence-electron chi connectivity index (χ1n) is 6.27. The molecule has 0 saturated carbocycles. The Kier molecular flexibility index (Phi) is 3.44. The molecule has 0 heterocycles. The number of benzene rings is 1. The quantitative estimate of drug-likeness (QED) is 0.663. The van der Waals surface area contributed by atoms with Gasteiger partial charge in [-0.25, -0.2) is 0 Å². The molecule has 1 aliphatic carbocycles. The minimum absolute atomic E-state index is 0.546. The van der Waals surface area contributed by atoms with E-state index < -0.39 is 0 Å². The fraction of sp³-hybridized carbons (Fsp3) is 0.600. The van der Waals surface area contributed by atoms with Crippen LogP contribution in [-0.4, -0.2) is 0 Å². The largest absolute Gasteiger partial charge is 0.0836 e. The van der Waals surface area contributed by atoms with E-state index in [1.165, 1.54) is 17.5 Å². The Morgan fingerprint density at radius 2 is 1.88 bits per heavy atom. The van der Waals surface area contributed by atoms with E-state index in [0.717, 1.165) is 5.92 Å². The van der Waals surface area contributed by atoms with Crippen molar-refractivity contribution >= 4 is 15.9 Å². The zero-order valence-electron chi connectivity index (χ0n) is 10.6. The highest BCUT2D eigenvalue weighted by Gasteiger charge is 2.33. The smallest absolute Gasteiger partial charge is 0.0429 e. The van der Waals surface area contributed by atoms with E-state index in [1.54, 1.807) is 5.56 Å². The van der Waals surface area contributed by atoms with Crippen molar-refractivity contribution < 1.29 is 0 Å². The molecule has 88 valence electrons. The molecule has 0 fully saturated rings. The molecule has 1 aliphatic rings. The van der Waals surface area contributed by atoms with E-state index in [0.29, 0.717) is 16.7 Å². The average molecular weight is 281 g/mol. The van der Waals surface area contributed by atoms with E-state index in [-0.39, 0.29) is 0 Å². The SMILES string of the molecule is CC(C)Cc1ccc2c(c1)C(Br)C(C)C2C. The summed E-state index contributed by atoms with van der Waals surface area (Å²) in [6.07, 6.45) is 1.19. The Hall–Kier alpha value is -0.300. The summed E-state index contributed by atoms with van der Waals surface area (Å²) in [7, 11) is 0. The lowest BCUT2D eigenvalue weighted by molar-refractivity contribution is 0.528. The molecule has 0 spiro atoms. The Morgan fingerprint density at radius 3 is 2.50 bits per heavy atom. The Morgan fingerprint density at radius 1 is 1.19 bits per heavy atom. The normalized spacial score (nSPS) is 28.5. The summed E-state index contributed by atoms with van der Waals surface area (Å²) in [6.45, 7) is 9.24. The van der Waals surface area contributed by atoms with Gasteiger partial charge in [-0.2, -0.15) is 0 Å². The standard InChI is InChI=1S/C15H21Br/c1-9(2)7-12-5-6-13-10(3)11(4)15(16)14(13)8-12/h5-6,8-11,15H,7H2,1-4H3. The average Bonchev–Trinajstić information content (AvgIpc) is 2.43. The van der Waals surface area contributed by atoms with Crippen LogP contribution in [0.5, 0.6) is 0 Å². The topological polar surface area (TPSA) is 0 Å². The lowest BCUT2D eigenvalue weighted by Crippen LogP contribution is -1.99. The van der Waals surface area contributed by atoms with Crippen LogP contribution < -0.4 is 0 Å². The van der Waals surface area contributed by atoms with Gasteiger partial charge >= 0.3 is 0 Å². The first-order valence-corrected chi connectivity index (χ1v) is 7.19. The molecule has 0 aliphatic heterocycles. The summed E-state index contributed by atoms with van der Waals surface area (Å²) in [5.74, 6) is 2.14. The molecule has 0 radical (unpaired) electrons. The van der Waals surface area contributed by atoms with Crippen LogP contribution in [0, 0.1) is 11.8 Å². The number of fused-ring (bicyclic) bond motifs is 1. The third-order valence-electron chi connectivity index (χ3n) is 3.83. The van der Waals surface area contributed by atoms with Crippen molar-refractivity contribution in [2.24, 2.45) is 11.8 Å². The van der Waals surface area contributed by atoms with Gasteiger partial charge in [0.2, 0.25) is 0 Å². The van der Waals surface area contributed by atoms with E-state index in [9.17, 15) is 0 Å². The summed E-state index contributed by atoms with van der Waals surface area (Å²) in [4.78, 5) is 0.546. The van der Waals surface area contributed by atoms with Crippen LogP contribution in [0.25, 0.3) is 0 Å². The minimum atomic E-state index is 0.546. The van der Waals surface area contributed by atoms with Crippen LogP contribution in [0.2, 0.25) is 0 Å². The van der Waals surface area contributed by atoms with Crippen LogP contribution in [-0.2, 0) is 6.42 Å². The van der Waals surface area contributed by atoms with Gasteiger partial charge in [0.05, 0.1) is 0 Å². The first-order chi connectivity index (χ1) is 7.50. The maximum absolute atomic E-state index is 3.84. The van der Waals surface area contributed by atoms with Crippen molar-refractivity contribution in [3.63, 3.8) is 0 Å². The monoisotopic (exact) mass is 280 g/mol. The van der Waals surface area contributed by atoms with Crippen LogP contribution in [0.4, 0.5) is 0 Å². The van der Waals surface area contributed by atoms with E-state index >= 15 is 0 Å². The zero-order chi connectivity index (χ0) is 11.9. The van der Waals surface area contributed by atoms with Gasteiger partial charge in [0.25, 0.3) is 0 Å². The van der Waals surface area contributed by atoms with Gasteiger partial charge in [0, 0.05) is 4.83 Å². The van der Waals surface area contributed by atoms with Crippen LogP contribution in [0.15, 0.2) is 18.2 Å². The summed E-state index contributed by atoms with van der Waals surface area (Å²) in [5, 5.41) is 0. The van der Waals surface area contributed by atoms with Gasteiger partial charge < -0.3 is 0 Å². The number of hydrogen-bond donors (Lipinski definition) is 0. The zero-order valence-corrected chi connectivity index (χ0v) is 12.2. The molecule has 0 bridgehead atoms. The second kappa shape index (κ2) is 4.52. The van der Waals surface area contributed by atoms with Crippen molar-refractivity contribution in [3.8, 4) is 0 Å². The van der Waals surface area contributed by atoms with Crippen molar-refractivity contribution in [2.45, 2.75) is 44.9 Å². The molecule has 0 aromatic heterocycles. The molecular formula is C15H21Br. The van der Waals surface area contributed by atoms with Crippen molar-refractivity contribution in [1.82, 2.24) is 0 Å². The Labute approximate surface area is 108 Å². The van der Waals surface area contributed by atoms with E-state index in [2.05, 4.69) is 61.8 Å². The van der Waals surface area contributed by atoms with Crippen molar-refractivity contribution in [1.29, 1.82) is 0 Å². The highest BCUT2D eigenvalue weighted by Crippen LogP contribution is 2.49. The maximum atomic E-state index is 3.84. The summed E-state index contributed by atoms with van der Waals surface area (Å²) in [5.41, 5.74) is 4.56. The predicted molar refractivity (Wildman–Crippen MR) is 74.2 cm³/mol. The van der Waals surface area contributed by atoms with Crippen molar-refractivity contribution in [2.75, 3.05) is 0 Å². The highest BCUT2D eigenvalue weighted by atomic mass is 79.9. The molecule has 0 nitrogen and oxygen atoms in total. The molecule has 1 aromatic rings. The second-order valence-corrected chi connectivity index (χ2v) is 6.60. The molecule has 3 unspecified atom stereocenters. The van der Waals surface area contributed by atoms with Gasteiger partial charge in [-0.05, 0) is 40.9 Å². The highest BCUT2D eigenvalue weighted by molar-refractivity contribution is 9.09. The van der Waals surface area contributed by atoms with Crippen LogP contribution in [0.3, 0.4) is 0 Å². The number of halogens is 1. The molecule has 0 saturated heterocycles. The summed E-state index contributed by atoms with van der Waals surface area (Å²) >= 11 is 3.84. The molecule has 3 atom stereocenters. The number of hydrogen-bond acceptors (Lipinski definition) is 0. The Bertz CT molecular complexity index is 381. The van der Waals surface area contributed by atoms with Gasteiger partial charge in [0.15, 0.2) is 0 Å². The molecular weight excluding hydrogens is 260 g/mol. The fourth-order valence-corrected chi connectivity index (χ4v) is 3.55. The van der Waals surface area contributed by atoms with Gasteiger partial charge in [-0.1, -0.05) is 61.8 Å². The van der Waals surface area contributed by atoms with Gasteiger partial charge in [-0.3, -0.25) is 0 Å². The minimum Gasteiger partial charge on any atom is -0.0836 e. The third kappa shape index (κ3) is 2.07. The third-order valence-corrected chi connectivity index (χ3v) is 5.16. The van der Waals surface area contributed by atoms with Crippen LogP contribution >= 0.6 is 15.9 Å². The van der Waals surface area contributed by atoms with Gasteiger partial charge in [-0.15, -0.1) is 0 Å². The maximum Gasteiger partial charge on any atom is 0.0429 e. The summed E-state index contributed by atoms with van der Waals surface area (Å²) < 4.78 is 0. The van der Waals surface area contributed by atoms with Crippen molar-refractivity contribution in [3.05, 3.63) is 34.9 Å².